The second-order valence-electron chi connectivity index (χ2n) is 7.77. The van der Waals surface area contributed by atoms with Gasteiger partial charge in [-0.25, -0.2) is 18.4 Å². The zero-order chi connectivity index (χ0) is 23.3. The maximum Gasteiger partial charge on any atom is 0.240 e. The molecule has 1 aliphatic rings. The zero-order valence-electron chi connectivity index (χ0n) is 18.1. The number of carbonyl (C=O) groups is 2. The Morgan fingerprint density at radius 3 is 2.41 bits per heavy atom. The predicted molar refractivity (Wildman–Crippen MR) is 120 cm³/mol. The van der Waals surface area contributed by atoms with Crippen LogP contribution in [0.4, 0.5) is 5.82 Å². The number of sulfone groups is 1. The van der Waals surface area contributed by atoms with Crippen molar-refractivity contribution in [2.75, 3.05) is 37.5 Å². The number of rotatable bonds is 8. The van der Waals surface area contributed by atoms with Crippen LogP contribution in [0.15, 0.2) is 30.3 Å². The van der Waals surface area contributed by atoms with E-state index in [1.807, 2.05) is 4.90 Å². The van der Waals surface area contributed by atoms with Crippen molar-refractivity contribution in [3.8, 4) is 11.4 Å². The molecule has 0 bridgehead atoms. The average molecular weight is 462 g/mol. The van der Waals surface area contributed by atoms with Gasteiger partial charge in [0.15, 0.2) is 15.7 Å². The minimum Gasteiger partial charge on any atom is -0.378 e. The summed E-state index contributed by atoms with van der Waals surface area (Å²) in [6, 6.07) is 8.09. The van der Waals surface area contributed by atoms with Crippen LogP contribution in [0.3, 0.4) is 0 Å². The van der Waals surface area contributed by atoms with E-state index in [4.69, 9.17) is 10.5 Å². The molecule has 0 radical (unpaired) electrons. The molecule has 0 spiro atoms. The fourth-order valence-electron chi connectivity index (χ4n) is 3.40. The molecule has 0 saturated carbocycles. The van der Waals surface area contributed by atoms with Gasteiger partial charge >= 0.3 is 0 Å². The molecule has 1 saturated heterocycles. The lowest BCUT2D eigenvalue weighted by Gasteiger charge is -2.28. The summed E-state index contributed by atoms with van der Waals surface area (Å²) < 4.78 is 29.1. The van der Waals surface area contributed by atoms with E-state index in [0.29, 0.717) is 49.2 Å². The number of nitrogens with zero attached hydrogens (tertiary/aromatic N) is 3. The lowest BCUT2D eigenvalue weighted by atomic mass is 10.0. The summed E-state index contributed by atoms with van der Waals surface area (Å²) in [5.41, 5.74) is 7.29. The standard InChI is InChI=1S/C21H27N5O5S/c1-14(27)23-18(20(22)28)11-15-3-5-16(6-4-15)21-24-17(13-32(2,29)30)12-19(25-21)26-7-9-31-10-8-26/h3-6,12,18H,7-11,13H2,1-2H3,(H2,22,28)(H,23,27). The Hall–Kier alpha value is -3.05. The topological polar surface area (TPSA) is 145 Å². The Morgan fingerprint density at radius 2 is 1.84 bits per heavy atom. The normalized spacial score (nSPS) is 15.2. The number of ether oxygens (including phenoxy) is 1. The average Bonchev–Trinajstić information content (AvgIpc) is 2.72. The molecule has 1 atom stereocenters. The smallest absolute Gasteiger partial charge is 0.240 e. The van der Waals surface area contributed by atoms with Crippen LogP contribution in [-0.2, 0) is 36.3 Å². The van der Waals surface area contributed by atoms with Gasteiger partial charge in [-0.05, 0) is 5.56 Å². The number of primary amides is 1. The van der Waals surface area contributed by atoms with Crippen molar-refractivity contribution >= 4 is 27.5 Å². The van der Waals surface area contributed by atoms with Gasteiger partial charge < -0.3 is 20.7 Å². The van der Waals surface area contributed by atoms with E-state index in [1.165, 1.54) is 13.2 Å². The van der Waals surface area contributed by atoms with Crippen LogP contribution in [0, 0.1) is 0 Å². The van der Waals surface area contributed by atoms with Crippen LogP contribution in [0.5, 0.6) is 0 Å². The molecule has 10 nitrogen and oxygen atoms in total. The van der Waals surface area contributed by atoms with Crippen LogP contribution < -0.4 is 16.0 Å². The number of aromatic nitrogens is 2. The van der Waals surface area contributed by atoms with Crippen LogP contribution >= 0.6 is 0 Å². The summed E-state index contributed by atoms with van der Waals surface area (Å²) in [6.07, 6.45) is 1.42. The van der Waals surface area contributed by atoms with E-state index < -0.39 is 21.8 Å². The number of carbonyl (C=O) groups excluding carboxylic acids is 2. The minimum absolute atomic E-state index is 0.186. The van der Waals surface area contributed by atoms with Gasteiger partial charge in [0, 0.05) is 44.3 Å². The van der Waals surface area contributed by atoms with E-state index >= 15 is 0 Å². The minimum atomic E-state index is -3.27. The Labute approximate surface area is 187 Å². The molecule has 3 N–H and O–H groups in total. The Balaban J connectivity index is 1.89. The van der Waals surface area contributed by atoms with Crippen molar-refractivity contribution in [3.63, 3.8) is 0 Å². The van der Waals surface area contributed by atoms with E-state index in [1.54, 1.807) is 30.3 Å². The van der Waals surface area contributed by atoms with Crippen LogP contribution in [0.1, 0.15) is 18.2 Å². The Morgan fingerprint density at radius 1 is 1.19 bits per heavy atom. The lowest BCUT2D eigenvalue weighted by molar-refractivity contribution is -0.126. The van der Waals surface area contributed by atoms with Gasteiger partial charge in [-0.3, -0.25) is 9.59 Å². The molecule has 11 heteroatoms. The van der Waals surface area contributed by atoms with Crippen molar-refractivity contribution in [2.45, 2.75) is 25.1 Å². The number of amides is 2. The predicted octanol–water partition coefficient (Wildman–Crippen LogP) is 0.0573. The van der Waals surface area contributed by atoms with Gasteiger partial charge in [-0.15, -0.1) is 0 Å². The molecule has 1 aromatic heterocycles. The molecular weight excluding hydrogens is 434 g/mol. The molecule has 1 aromatic carbocycles. The van der Waals surface area contributed by atoms with Gasteiger partial charge in [0.1, 0.15) is 11.9 Å². The fourth-order valence-corrected chi connectivity index (χ4v) is 4.09. The first-order chi connectivity index (χ1) is 15.1. The maximum atomic E-state index is 11.9. The third-order valence-electron chi connectivity index (χ3n) is 4.88. The summed E-state index contributed by atoms with van der Waals surface area (Å²) in [7, 11) is -3.27. The van der Waals surface area contributed by atoms with E-state index in [0.717, 1.165) is 5.56 Å². The molecule has 32 heavy (non-hydrogen) atoms. The number of hydrogen-bond donors (Lipinski definition) is 2. The molecule has 2 amide bonds. The first kappa shape index (κ1) is 23.6. The third kappa shape index (κ3) is 6.72. The second-order valence-corrected chi connectivity index (χ2v) is 9.91. The summed E-state index contributed by atoms with van der Waals surface area (Å²) >= 11 is 0. The SMILES string of the molecule is CC(=O)NC(Cc1ccc(-c2nc(CS(C)(=O)=O)cc(N3CCOCC3)n2)cc1)C(N)=O. The highest BCUT2D eigenvalue weighted by Gasteiger charge is 2.19. The van der Waals surface area contributed by atoms with Crippen molar-refractivity contribution in [1.82, 2.24) is 15.3 Å². The summed E-state index contributed by atoms with van der Waals surface area (Å²) in [5, 5.41) is 2.54. The third-order valence-corrected chi connectivity index (χ3v) is 5.70. The number of hydrogen-bond acceptors (Lipinski definition) is 8. The summed E-state index contributed by atoms with van der Waals surface area (Å²) in [4.78, 5) is 34.0. The van der Waals surface area contributed by atoms with E-state index in [-0.39, 0.29) is 18.1 Å². The Kier molecular flexibility index (Phi) is 7.41. The van der Waals surface area contributed by atoms with Crippen LogP contribution in [0.2, 0.25) is 0 Å². The second kappa shape index (κ2) is 10.0. The molecule has 1 aliphatic heterocycles. The molecule has 172 valence electrons. The first-order valence-electron chi connectivity index (χ1n) is 10.1. The van der Waals surface area contributed by atoms with Gasteiger partial charge in [-0.1, -0.05) is 24.3 Å². The highest BCUT2D eigenvalue weighted by atomic mass is 32.2. The lowest BCUT2D eigenvalue weighted by Crippen LogP contribution is -2.44. The quantitative estimate of drug-likeness (QED) is 0.561. The van der Waals surface area contributed by atoms with Crippen LogP contribution in [0.25, 0.3) is 11.4 Å². The van der Waals surface area contributed by atoms with E-state index in [2.05, 4.69) is 15.3 Å². The van der Waals surface area contributed by atoms with Crippen LogP contribution in [-0.4, -0.2) is 68.8 Å². The van der Waals surface area contributed by atoms with Gasteiger partial charge in [0.2, 0.25) is 11.8 Å². The molecule has 2 aromatic rings. The van der Waals surface area contributed by atoms with Gasteiger partial charge in [0.05, 0.1) is 24.7 Å². The molecular formula is C21H27N5O5S. The summed E-state index contributed by atoms with van der Waals surface area (Å²) in [5.74, 6) is -0.0732. The monoisotopic (exact) mass is 461 g/mol. The highest BCUT2D eigenvalue weighted by Crippen LogP contribution is 2.23. The number of anilines is 1. The van der Waals surface area contributed by atoms with Crippen molar-refractivity contribution in [3.05, 3.63) is 41.6 Å². The number of nitrogens with one attached hydrogen (secondary N) is 1. The Bertz CT molecular complexity index is 1080. The van der Waals surface area contributed by atoms with Crippen molar-refractivity contribution < 1.29 is 22.7 Å². The largest absolute Gasteiger partial charge is 0.378 e. The van der Waals surface area contributed by atoms with Crippen molar-refractivity contribution in [1.29, 1.82) is 0 Å². The molecule has 1 fully saturated rings. The molecule has 0 aliphatic carbocycles. The molecule has 3 rings (SSSR count). The fraction of sp³-hybridized carbons (Fsp3) is 0.429. The van der Waals surface area contributed by atoms with E-state index in [9.17, 15) is 18.0 Å². The van der Waals surface area contributed by atoms with Gasteiger partial charge in [-0.2, -0.15) is 0 Å². The highest BCUT2D eigenvalue weighted by molar-refractivity contribution is 7.89. The maximum absolute atomic E-state index is 11.9. The first-order valence-corrected chi connectivity index (χ1v) is 12.2. The zero-order valence-corrected chi connectivity index (χ0v) is 18.9. The van der Waals surface area contributed by atoms with Gasteiger partial charge in [0.25, 0.3) is 0 Å². The molecule has 1 unspecified atom stereocenters. The number of morpholine rings is 1. The number of nitrogens with two attached hydrogens (primary N) is 1. The van der Waals surface area contributed by atoms with Crippen molar-refractivity contribution in [2.24, 2.45) is 5.73 Å². The summed E-state index contributed by atoms with van der Waals surface area (Å²) in [6.45, 7) is 3.79. The molecule has 2 heterocycles. The number of benzene rings is 1.